The normalized spacial score (nSPS) is 27.9. The fourth-order valence-electron chi connectivity index (χ4n) is 4.97. The van der Waals surface area contributed by atoms with Gasteiger partial charge in [0, 0.05) is 30.2 Å². The van der Waals surface area contributed by atoms with Gasteiger partial charge in [-0.1, -0.05) is 32.1 Å². The number of aliphatic hydroxyl groups is 1. The number of fused-ring (bicyclic) bond motifs is 5. The number of hydrogen-bond acceptors (Lipinski definition) is 6. The molecule has 0 aromatic heterocycles. The smallest absolute Gasteiger partial charge is 0.303 e. The van der Waals surface area contributed by atoms with E-state index in [1.165, 1.54) is 13.0 Å². The third kappa shape index (κ3) is 2.55. The zero-order valence-electron chi connectivity index (χ0n) is 16.5. The van der Waals surface area contributed by atoms with E-state index in [1.54, 1.807) is 32.0 Å². The van der Waals surface area contributed by atoms with Crippen LogP contribution >= 0.6 is 0 Å². The summed E-state index contributed by atoms with van der Waals surface area (Å²) in [6, 6.07) is 8.46. The van der Waals surface area contributed by atoms with Crippen LogP contribution in [0.25, 0.3) is 16.3 Å². The summed E-state index contributed by atoms with van der Waals surface area (Å²) in [5.74, 6) is -1.84. The minimum Gasteiger partial charge on any atom is -0.508 e. The van der Waals surface area contributed by atoms with Crippen LogP contribution in [0.1, 0.15) is 43.1 Å². The number of rotatable bonds is 3. The summed E-state index contributed by atoms with van der Waals surface area (Å²) in [5, 5.41) is 22.7. The van der Waals surface area contributed by atoms with Crippen molar-refractivity contribution in [3.63, 3.8) is 0 Å². The summed E-state index contributed by atoms with van der Waals surface area (Å²) in [4.78, 5) is 37.3. The average Bonchev–Trinajstić information content (AvgIpc) is 2.86. The second-order valence-corrected chi connectivity index (χ2v) is 8.16. The minimum absolute atomic E-state index is 0.0432. The van der Waals surface area contributed by atoms with Gasteiger partial charge in [-0.25, -0.2) is 0 Å². The van der Waals surface area contributed by atoms with Crippen molar-refractivity contribution < 1.29 is 29.3 Å². The van der Waals surface area contributed by atoms with Crippen molar-refractivity contribution in [2.45, 2.75) is 32.8 Å². The summed E-state index contributed by atoms with van der Waals surface area (Å²) in [5.41, 5.74) is -1.01. The number of ketones is 2. The van der Waals surface area contributed by atoms with Crippen LogP contribution in [0.4, 0.5) is 0 Å². The van der Waals surface area contributed by atoms with Crippen LogP contribution in [0.15, 0.2) is 36.4 Å². The highest BCUT2D eigenvalue weighted by Gasteiger charge is 2.63. The van der Waals surface area contributed by atoms with Gasteiger partial charge in [-0.3, -0.25) is 14.4 Å². The fourth-order valence-corrected chi connectivity index (χ4v) is 4.97. The minimum atomic E-state index is -1.85. The fraction of sp³-hybridized carbons (Fsp3) is 0.348. The van der Waals surface area contributed by atoms with E-state index >= 15 is 0 Å². The van der Waals surface area contributed by atoms with E-state index in [-0.39, 0.29) is 18.0 Å². The van der Waals surface area contributed by atoms with E-state index in [1.807, 2.05) is 12.1 Å². The number of ether oxygens (including phenoxy) is 1. The molecule has 2 N–H and O–H groups in total. The lowest BCUT2D eigenvalue weighted by molar-refractivity contribution is -0.161. The van der Waals surface area contributed by atoms with Crippen LogP contribution in [0.5, 0.6) is 5.75 Å². The van der Waals surface area contributed by atoms with Crippen molar-refractivity contribution in [2.24, 2.45) is 11.3 Å². The van der Waals surface area contributed by atoms with Crippen LogP contribution in [0.2, 0.25) is 0 Å². The summed E-state index contributed by atoms with van der Waals surface area (Å²) < 4.78 is 4.84. The Morgan fingerprint density at radius 2 is 1.97 bits per heavy atom. The number of hydrogen-bond donors (Lipinski definition) is 2. The van der Waals surface area contributed by atoms with Gasteiger partial charge in [-0.15, -0.1) is 0 Å². The lowest BCUT2D eigenvalue weighted by Crippen LogP contribution is -2.57. The quantitative estimate of drug-likeness (QED) is 0.776. The van der Waals surface area contributed by atoms with Crippen LogP contribution in [0, 0.1) is 11.3 Å². The highest BCUT2D eigenvalue weighted by Crippen LogP contribution is 2.59. The molecule has 0 fully saturated rings. The van der Waals surface area contributed by atoms with Gasteiger partial charge >= 0.3 is 5.97 Å². The second kappa shape index (κ2) is 6.26. The Balaban J connectivity index is 1.86. The molecule has 6 heteroatoms. The van der Waals surface area contributed by atoms with Gasteiger partial charge in [0.05, 0.1) is 0 Å². The molecule has 0 bridgehead atoms. The maximum Gasteiger partial charge on any atom is 0.303 e. The molecule has 0 spiro atoms. The third-order valence-corrected chi connectivity index (χ3v) is 6.43. The largest absolute Gasteiger partial charge is 0.508 e. The topological polar surface area (TPSA) is 101 Å². The van der Waals surface area contributed by atoms with Crippen molar-refractivity contribution in [3.05, 3.63) is 47.5 Å². The maximum absolute atomic E-state index is 13.2. The molecule has 0 radical (unpaired) electrons. The lowest BCUT2D eigenvalue weighted by atomic mass is 9.60. The monoisotopic (exact) mass is 394 g/mol. The molecule has 0 heterocycles. The van der Waals surface area contributed by atoms with Crippen molar-refractivity contribution in [1.29, 1.82) is 0 Å². The van der Waals surface area contributed by atoms with Crippen molar-refractivity contribution in [3.8, 4) is 5.75 Å². The molecule has 2 aliphatic carbocycles. The average molecular weight is 394 g/mol. The predicted molar refractivity (Wildman–Crippen MR) is 106 cm³/mol. The van der Waals surface area contributed by atoms with Gasteiger partial charge in [0.25, 0.3) is 0 Å². The standard InChI is InChI=1S/C23H22O6/c1-12-8-18-17-6-4-14-9-15(25)5-7-16(14)21(17)19(26)10-22(18,3)23(12,28)20(27)11-29-13(2)24/h4-9,12,25,28H,10-11H2,1-3H3/t12-,22-,23-/m0/s1. The number of phenolic OH excluding ortho intramolecular Hbond substituents is 1. The summed E-state index contributed by atoms with van der Waals surface area (Å²) in [6.45, 7) is 4.11. The molecule has 2 aromatic carbocycles. The number of Topliss-reactive ketones (excluding diaryl/α,β-unsaturated/α-hetero) is 2. The highest BCUT2D eigenvalue weighted by atomic mass is 16.5. The van der Waals surface area contributed by atoms with E-state index in [9.17, 15) is 24.6 Å². The molecule has 4 rings (SSSR count). The van der Waals surface area contributed by atoms with E-state index in [4.69, 9.17) is 4.74 Å². The zero-order chi connectivity index (χ0) is 21.1. The molecule has 0 saturated heterocycles. The third-order valence-electron chi connectivity index (χ3n) is 6.43. The Bertz CT molecular complexity index is 1110. The first kappa shape index (κ1) is 19.3. The zero-order valence-corrected chi connectivity index (χ0v) is 16.5. The van der Waals surface area contributed by atoms with E-state index in [2.05, 4.69) is 0 Å². The molecule has 2 aromatic rings. The number of aromatic hydroxyl groups is 1. The first-order valence-corrected chi connectivity index (χ1v) is 9.50. The first-order chi connectivity index (χ1) is 13.6. The van der Waals surface area contributed by atoms with Crippen molar-refractivity contribution in [1.82, 2.24) is 0 Å². The second-order valence-electron chi connectivity index (χ2n) is 8.16. The highest BCUT2D eigenvalue weighted by molar-refractivity contribution is 6.16. The summed E-state index contributed by atoms with van der Waals surface area (Å²) in [7, 11) is 0. The van der Waals surface area contributed by atoms with Gasteiger partial charge < -0.3 is 14.9 Å². The molecule has 150 valence electrons. The number of phenols is 1. The van der Waals surface area contributed by atoms with Gasteiger partial charge in [0.1, 0.15) is 11.4 Å². The van der Waals surface area contributed by atoms with Gasteiger partial charge in [-0.2, -0.15) is 0 Å². The number of benzene rings is 2. The van der Waals surface area contributed by atoms with Crippen LogP contribution in [-0.2, 0) is 14.3 Å². The number of carbonyl (C=O) groups excluding carboxylic acids is 3. The molecular formula is C23H22O6. The van der Waals surface area contributed by atoms with Gasteiger partial charge in [0.15, 0.2) is 12.4 Å². The molecule has 3 atom stereocenters. The van der Waals surface area contributed by atoms with Gasteiger partial charge in [-0.05, 0) is 40.1 Å². The number of esters is 1. The predicted octanol–water partition coefficient (Wildman–Crippen LogP) is 3.03. The molecular weight excluding hydrogens is 372 g/mol. The Morgan fingerprint density at radius 3 is 2.66 bits per heavy atom. The summed E-state index contributed by atoms with van der Waals surface area (Å²) >= 11 is 0. The van der Waals surface area contributed by atoms with Crippen molar-refractivity contribution in [2.75, 3.05) is 6.61 Å². The molecule has 0 aliphatic heterocycles. The van der Waals surface area contributed by atoms with E-state index < -0.39 is 35.3 Å². The SMILES string of the molecule is CC(=O)OCC(=O)[C@@]1(O)[C@@H](C)C=C2c3ccc4cc(O)ccc4c3C(=O)C[C@@]21C. The Kier molecular flexibility index (Phi) is 4.17. The van der Waals surface area contributed by atoms with E-state index in [0.717, 1.165) is 16.3 Å². The Morgan fingerprint density at radius 1 is 1.24 bits per heavy atom. The Labute approximate surface area is 167 Å². The number of carbonyl (C=O) groups is 3. The van der Waals surface area contributed by atoms with E-state index in [0.29, 0.717) is 11.1 Å². The Hall–Kier alpha value is -2.99. The summed E-state index contributed by atoms with van der Waals surface area (Å²) in [6.07, 6.45) is 1.79. The van der Waals surface area contributed by atoms with Crippen molar-refractivity contribution >= 4 is 33.9 Å². The van der Waals surface area contributed by atoms with Crippen LogP contribution < -0.4 is 0 Å². The van der Waals surface area contributed by atoms with Crippen LogP contribution in [0.3, 0.4) is 0 Å². The molecule has 29 heavy (non-hydrogen) atoms. The van der Waals surface area contributed by atoms with Gasteiger partial charge in [0.2, 0.25) is 5.78 Å². The maximum atomic E-state index is 13.2. The molecule has 0 saturated carbocycles. The van der Waals surface area contributed by atoms with Crippen LogP contribution in [-0.4, -0.2) is 40.0 Å². The molecule has 2 aliphatic rings. The molecule has 0 unspecified atom stereocenters. The lowest BCUT2D eigenvalue weighted by Gasteiger charge is -2.45. The molecule has 0 amide bonds. The first-order valence-electron chi connectivity index (χ1n) is 9.50. The molecule has 6 nitrogen and oxygen atoms in total.